The van der Waals surface area contributed by atoms with Crippen molar-refractivity contribution < 1.29 is 14.2 Å². The summed E-state index contributed by atoms with van der Waals surface area (Å²) in [5.74, 6) is 0.544. The molecule has 0 aliphatic rings. The quantitative estimate of drug-likeness (QED) is 0.532. The lowest BCUT2D eigenvalue weighted by molar-refractivity contribution is 0.0119. The number of hydrogen-bond donors (Lipinski definition) is 1. The van der Waals surface area contributed by atoms with E-state index in [2.05, 4.69) is 65.8 Å². The molecule has 0 saturated heterocycles. The largest absolute Gasteiger partial charge is 0.378 e. The number of ether oxygens (including phenoxy) is 3. The van der Waals surface area contributed by atoms with Crippen LogP contribution in [0.4, 0.5) is 0 Å². The van der Waals surface area contributed by atoms with Gasteiger partial charge in [-0.2, -0.15) is 0 Å². The fraction of sp³-hybridized carbons (Fsp3) is 0.739. The minimum absolute atomic E-state index is 0.247. The monoisotopic (exact) mass is 379 g/mol. The van der Waals surface area contributed by atoms with Gasteiger partial charge in [-0.1, -0.05) is 65.8 Å². The van der Waals surface area contributed by atoms with Crippen LogP contribution in [0.2, 0.25) is 0 Å². The zero-order chi connectivity index (χ0) is 20.3. The van der Waals surface area contributed by atoms with Crippen molar-refractivity contribution in [3.8, 4) is 0 Å². The van der Waals surface area contributed by atoms with E-state index in [0.29, 0.717) is 57.5 Å². The van der Waals surface area contributed by atoms with E-state index >= 15 is 0 Å². The zero-order valence-corrected chi connectivity index (χ0v) is 18.3. The maximum Gasteiger partial charge on any atom is 0.0718 e. The van der Waals surface area contributed by atoms with E-state index in [-0.39, 0.29) is 5.41 Å². The molecule has 4 nitrogen and oxygen atoms in total. The van der Waals surface area contributed by atoms with Gasteiger partial charge in [0.2, 0.25) is 0 Å². The summed E-state index contributed by atoms with van der Waals surface area (Å²) >= 11 is 0. The van der Waals surface area contributed by atoms with Crippen LogP contribution in [0.5, 0.6) is 0 Å². The van der Waals surface area contributed by atoms with Gasteiger partial charge in [0, 0.05) is 6.54 Å². The highest BCUT2D eigenvalue weighted by molar-refractivity contribution is 5.26. The van der Waals surface area contributed by atoms with Gasteiger partial charge in [-0.05, 0) is 34.3 Å². The van der Waals surface area contributed by atoms with Crippen LogP contribution in [-0.4, -0.2) is 39.6 Å². The van der Waals surface area contributed by atoms with Crippen LogP contribution >= 0.6 is 0 Å². The van der Waals surface area contributed by atoms with Gasteiger partial charge in [-0.25, -0.2) is 0 Å². The summed E-state index contributed by atoms with van der Waals surface area (Å²) in [6, 6.07) is 8.92. The van der Waals surface area contributed by atoms with Crippen LogP contribution in [0.1, 0.15) is 65.0 Å². The van der Waals surface area contributed by atoms with Crippen LogP contribution in [0, 0.1) is 10.8 Å². The Balaban J connectivity index is 2.40. The van der Waals surface area contributed by atoms with E-state index in [9.17, 15) is 0 Å². The maximum atomic E-state index is 5.71. The Kier molecular flexibility index (Phi) is 10.5. The predicted molar refractivity (Wildman–Crippen MR) is 113 cm³/mol. The lowest BCUT2D eigenvalue weighted by atomic mass is 9.69. The van der Waals surface area contributed by atoms with Gasteiger partial charge < -0.3 is 19.9 Å². The molecule has 156 valence electrons. The smallest absolute Gasteiger partial charge is 0.0718 e. The molecule has 2 N–H and O–H groups in total. The van der Waals surface area contributed by atoms with E-state index in [1.54, 1.807) is 0 Å². The van der Waals surface area contributed by atoms with Gasteiger partial charge in [-0.3, -0.25) is 0 Å². The molecule has 0 amide bonds. The third-order valence-corrected chi connectivity index (χ3v) is 4.52. The van der Waals surface area contributed by atoms with Gasteiger partial charge in [-0.15, -0.1) is 0 Å². The summed E-state index contributed by atoms with van der Waals surface area (Å²) in [4.78, 5) is 0. The molecule has 0 spiro atoms. The molecule has 4 heteroatoms. The minimum atomic E-state index is 0.247. The van der Waals surface area contributed by atoms with Crippen LogP contribution in [0.3, 0.4) is 0 Å². The Morgan fingerprint density at radius 1 is 0.778 bits per heavy atom. The highest BCUT2D eigenvalue weighted by Crippen LogP contribution is 2.43. The Bertz CT molecular complexity index is 500. The second-order valence-corrected chi connectivity index (χ2v) is 9.49. The van der Waals surface area contributed by atoms with E-state index in [1.807, 2.05) is 0 Å². The van der Waals surface area contributed by atoms with E-state index in [4.69, 9.17) is 19.9 Å². The molecule has 0 fully saturated rings. The standard InChI is InChI=1S/C23H41NO3/c1-22(2,3)17-21(23(4,5)6)20-9-7-19(8-10-20)18-27-16-15-26-14-13-25-12-11-24/h7-10,21H,11-18,24H2,1-6H3. The first kappa shape index (κ1) is 24.1. The average molecular weight is 380 g/mol. The van der Waals surface area contributed by atoms with Crippen molar-refractivity contribution in [2.24, 2.45) is 16.6 Å². The van der Waals surface area contributed by atoms with Crippen LogP contribution < -0.4 is 5.73 Å². The molecular weight excluding hydrogens is 338 g/mol. The summed E-state index contributed by atoms with van der Waals surface area (Å²) in [5.41, 5.74) is 8.53. The van der Waals surface area contributed by atoms with Crippen LogP contribution in [-0.2, 0) is 20.8 Å². The predicted octanol–water partition coefficient (Wildman–Crippen LogP) is 4.76. The molecule has 0 aliphatic carbocycles. The molecule has 0 heterocycles. The number of rotatable bonds is 12. The highest BCUT2D eigenvalue weighted by atomic mass is 16.5. The molecule has 1 aromatic carbocycles. The summed E-state index contributed by atoms with van der Waals surface area (Å²) in [5, 5.41) is 0. The van der Waals surface area contributed by atoms with E-state index in [0.717, 1.165) is 0 Å². The fourth-order valence-corrected chi connectivity index (χ4v) is 3.10. The molecule has 0 bridgehead atoms. The third kappa shape index (κ3) is 10.8. The molecule has 0 radical (unpaired) electrons. The molecule has 1 rings (SSSR count). The van der Waals surface area contributed by atoms with Gasteiger partial charge >= 0.3 is 0 Å². The minimum Gasteiger partial charge on any atom is -0.378 e. The van der Waals surface area contributed by atoms with Crippen LogP contribution in [0.25, 0.3) is 0 Å². The molecule has 1 atom stereocenters. The first-order valence-electron chi connectivity index (χ1n) is 10.2. The molecular formula is C23H41NO3. The van der Waals surface area contributed by atoms with Crippen molar-refractivity contribution >= 4 is 0 Å². The van der Waals surface area contributed by atoms with Gasteiger partial charge in [0.25, 0.3) is 0 Å². The molecule has 0 aromatic heterocycles. The molecule has 27 heavy (non-hydrogen) atoms. The number of hydrogen-bond acceptors (Lipinski definition) is 4. The van der Waals surface area contributed by atoms with Crippen molar-refractivity contribution in [2.45, 2.75) is 60.5 Å². The molecule has 1 aromatic rings. The lowest BCUT2D eigenvalue weighted by Gasteiger charge is -2.36. The molecule has 0 saturated carbocycles. The van der Waals surface area contributed by atoms with Crippen molar-refractivity contribution in [1.82, 2.24) is 0 Å². The van der Waals surface area contributed by atoms with E-state index < -0.39 is 0 Å². The lowest BCUT2D eigenvalue weighted by Crippen LogP contribution is -2.23. The second kappa shape index (κ2) is 11.8. The van der Waals surface area contributed by atoms with Gasteiger partial charge in [0.05, 0.1) is 39.6 Å². The number of benzene rings is 1. The Labute approximate surface area is 166 Å². The summed E-state index contributed by atoms with van der Waals surface area (Å²) in [7, 11) is 0. The van der Waals surface area contributed by atoms with Gasteiger partial charge in [0.1, 0.15) is 0 Å². The fourth-order valence-electron chi connectivity index (χ4n) is 3.10. The Morgan fingerprint density at radius 3 is 1.78 bits per heavy atom. The maximum absolute atomic E-state index is 5.71. The summed E-state index contributed by atoms with van der Waals surface area (Å²) in [6.07, 6.45) is 1.18. The highest BCUT2D eigenvalue weighted by Gasteiger charge is 2.30. The molecule has 1 unspecified atom stereocenters. The second-order valence-electron chi connectivity index (χ2n) is 9.49. The van der Waals surface area contributed by atoms with Crippen LogP contribution in [0.15, 0.2) is 24.3 Å². The zero-order valence-electron chi connectivity index (χ0n) is 18.3. The summed E-state index contributed by atoms with van der Waals surface area (Å²) in [6.45, 7) is 18.1. The van der Waals surface area contributed by atoms with Crippen molar-refractivity contribution in [3.05, 3.63) is 35.4 Å². The normalized spacial score (nSPS) is 13.7. The number of nitrogens with two attached hydrogens (primary N) is 1. The van der Waals surface area contributed by atoms with Crippen molar-refractivity contribution in [2.75, 3.05) is 39.6 Å². The Morgan fingerprint density at radius 2 is 1.30 bits per heavy atom. The van der Waals surface area contributed by atoms with Crippen molar-refractivity contribution in [1.29, 1.82) is 0 Å². The van der Waals surface area contributed by atoms with Gasteiger partial charge in [0.15, 0.2) is 0 Å². The molecule has 0 aliphatic heterocycles. The Hall–Kier alpha value is -0.940. The topological polar surface area (TPSA) is 53.7 Å². The third-order valence-electron chi connectivity index (χ3n) is 4.52. The average Bonchev–Trinajstić information content (AvgIpc) is 2.57. The van der Waals surface area contributed by atoms with Crippen molar-refractivity contribution in [3.63, 3.8) is 0 Å². The van der Waals surface area contributed by atoms with E-state index in [1.165, 1.54) is 17.5 Å². The first-order valence-corrected chi connectivity index (χ1v) is 10.2. The SMILES string of the molecule is CC(C)(C)CC(c1ccc(COCCOCCOCCN)cc1)C(C)(C)C. The summed E-state index contributed by atoms with van der Waals surface area (Å²) < 4.78 is 16.4. The first-order chi connectivity index (χ1) is 12.6.